The van der Waals surface area contributed by atoms with Crippen molar-refractivity contribution < 1.29 is 4.79 Å². The highest BCUT2D eigenvalue weighted by Gasteiger charge is 2.16. The van der Waals surface area contributed by atoms with Crippen LogP contribution in [0.2, 0.25) is 0 Å². The van der Waals surface area contributed by atoms with E-state index in [4.69, 9.17) is 0 Å². The minimum Gasteiger partial charge on any atom is -0.343 e. The van der Waals surface area contributed by atoms with E-state index in [1.54, 1.807) is 23.6 Å². The smallest absolute Gasteiger partial charge is 0.254 e. The fraction of sp³-hybridized carbons (Fsp3) is 0.214. The molecule has 3 rings (SSSR count). The van der Waals surface area contributed by atoms with E-state index in [-0.39, 0.29) is 11.9 Å². The molecule has 0 aliphatic carbocycles. The van der Waals surface area contributed by atoms with Crippen molar-refractivity contribution in [3.05, 3.63) is 46.0 Å². The van der Waals surface area contributed by atoms with E-state index in [0.29, 0.717) is 5.56 Å². The lowest BCUT2D eigenvalue weighted by atomic mass is 10.1. The first-order valence-electron chi connectivity index (χ1n) is 6.30. The van der Waals surface area contributed by atoms with Crippen LogP contribution in [0.4, 0.5) is 0 Å². The number of aromatic amines is 1. The van der Waals surface area contributed by atoms with E-state index >= 15 is 0 Å². The molecular formula is C14H14N4OS. The Kier molecular flexibility index (Phi) is 3.23. The van der Waals surface area contributed by atoms with Crippen LogP contribution in [0.3, 0.4) is 0 Å². The van der Waals surface area contributed by atoms with Gasteiger partial charge in [0.05, 0.1) is 23.3 Å². The van der Waals surface area contributed by atoms with E-state index in [0.717, 1.165) is 21.6 Å². The number of amides is 1. The summed E-state index contributed by atoms with van der Waals surface area (Å²) in [6.07, 6.45) is 1.71. The second kappa shape index (κ2) is 5.05. The molecule has 0 bridgehead atoms. The Morgan fingerprint density at radius 3 is 3.05 bits per heavy atom. The molecule has 0 saturated carbocycles. The van der Waals surface area contributed by atoms with Gasteiger partial charge in [-0.3, -0.25) is 9.89 Å². The molecule has 0 fully saturated rings. The Morgan fingerprint density at radius 2 is 2.30 bits per heavy atom. The standard InChI is InChI=1S/C14H14N4OS/c1-8-7-20-14(16-8)9(2)17-13(19)11-5-3-4-10-6-15-18-12(10)11/h3-7,9H,1-2H3,(H,15,18)(H,17,19). The molecule has 5 nitrogen and oxygen atoms in total. The number of aryl methyl sites for hydroxylation is 1. The van der Waals surface area contributed by atoms with Gasteiger partial charge in [-0.05, 0) is 19.9 Å². The summed E-state index contributed by atoms with van der Waals surface area (Å²) in [6, 6.07) is 5.45. The molecule has 3 aromatic rings. The Balaban J connectivity index is 1.84. The summed E-state index contributed by atoms with van der Waals surface area (Å²) < 4.78 is 0. The van der Waals surface area contributed by atoms with Crippen LogP contribution < -0.4 is 5.32 Å². The number of H-pyrrole nitrogens is 1. The van der Waals surface area contributed by atoms with Gasteiger partial charge < -0.3 is 5.32 Å². The van der Waals surface area contributed by atoms with Gasteiger partial charge in [0, 0.05) is 16.5 Å². The van der Waals surface area contributed by atoms with E-state index in [2.05, 4.69) is 20.5 Å². The summed E-state index contributed by atoms with van der Waals surface area (Å²) >= 11 is 1.55. The summed E-state index contributed by atoms with van der Waals surface area (Å²) in [6.45, 7) is 3.88. The zero-order valence-corrected chi connectivity index (χ0v) is 12.0. The second-order valence-electron chi connectivity index (χ2n) is 4.66. The van der Waals surface area contributed by atoms with Gasteiger partial charge in [-0.1, -0.05) is 12.1 Å². The van der Waals surface area contributed by atoms with Crippen LogP contribution >= 0.6 is 11.3 Å². The third kappa shape index (κ3) is 2.30. The molecule has 0 saturated heterocycles. The van der Waals surface area contributed by atoms with Gasteiger partial charge in [0.2, 0.25) is 0 Å². The van der Waals surface area contributed by atoms with Gasteiger partial charge in [0.15, 0.2) is 0 Å². The van der Waals surface area contributed by atoms with Crippen molar-refractivity contribution in [1.82, 2.24) is 20.5 Å². The van der Waals surface area contributed by atoms with E-state index < -0.39 is 0 Å². The lowest BCUT2D eigenvalue weighted by Crippen LogP contribution is -2.26. The van der Waals surface area contributed by atoms with Gasteiger partial charge in [-0.15, -0.1) is 11.3 Å². The van der Waals surface area contributed by atoms with Crippen LogP contribution in [0.25, 0.3) is 10.9 Å². The molecule has 102 valence electrons. The highest BCUT2D eigenvalue weighted by Crippen LogP contribution is 2.20. The molecule has 1 atom stereocenters. The maximum Gasteiger partial charge on any atom is 0.254 e. The van der Waals surface area contributed by atoms with Crippen LogP contribution in [-0.4, -0.2) is 21.1 Å². The van der Waals surface area contributed by atoms with Gasteiger partial charge in [0.1, 0.15) is 5.01 Å². The minimum absolute atomic E-state index is 0.112. The number of hydrogen-bond donors (Lipinski definition) is 2. The third-order valence-electron chi connectivity index (χ3n) is 3.08. The number of thiazole rings is 1. The Hall–Kier alpha value is -2.21. The summed E-state index contributed by atoms with van der Waals surface area (Å²) in [4.78, 5) is 16.8. The molecule has 1 amide bonds. The highest BCUT2D eigenvalue weighted by atomic mass is 32.1. The average molecular weight is 286 g/mol. The van der Waals surface area contributed by atoms with Crippen molar-refractivity contribution in [2.75, 3.05) is 0 Å². The fourth-order valence-electron chi connectivity index (χ4n) is 2.07. The zero-order valence-electron chi connectivity index (χ0n) is 11.2. The lowest BCUT2D eigenvalue weighted by Gasteiger charge is -2.11. The topological polar surface area (TPSA) is 70.7 Å². The number of aromatic nitrogens is 3. The second-order valence-corrected chi connectivity index (χ2v) is 5.55. The Bertz CT molecular complexity index is 761. The van der Waals surface area contributed by atoms with Crippen molar-refractivity contribution >= 4 is 28.1 Å². The van der Waals surface area contributed by atoms with Crippen molar-refractivity contribution in [3.63, 3.8) is 0 Å². The summed E-state index contributed by atoms with van der Waals surface area (Å²) in [5.41, 5.74) is 2.33. The van der Waals surface area contributed by atoms with Gasteiger partial charge in [-0.25, -0.2) is 4.98 Å². The summed E-state index contributed by atoms with van der Waals surface area (Å²) in [7, 11) is 0. The number of nitrogens with zero attached hydrogens (tertiary/aromatic N) is 2. The van der Waals surface area contributed by atoms with Crippen LogP contribution in [0.15, 0.2) is 29.8 Å². The van der Waals surface area contributed by atoms with Crippen LogP contribution in [-0.2, 0) is 0 Å². The summed E-state index contributed by atoms with van der Waals surface area (Å²) in [5.74, 6) is -0.125. The molecule has 0 spiro atoms. The van der Waals surface area contributed by atoms with Crippen LogP contribution in [0.1, 0.15) is 34.0 Å². The Labute approximate surface area is 120 Å². The predicted molar refractivity (Wildman–Crippen MR) is 78.8 cm³/mol. The quantitative estimate of drug-likeness (QED) is 0.777. The number of carbonyl (C=O) groups excluding carboxylic acids is 1. The number of hydrogen-bond acceptors (Lipinski definition) is 4. The normalized spacial score (nSPS) is 12.5. The first-order valence-corrected chi connectivity index (χ1v) is 7.18. The van der Waals surface area contributed by atoms with E-state index in [1.807, 2.05) is 31.4 Å². The largest absolute Gasteiger partial charge is 0.343 e. The zero-order chi connectivity index (χ0) is 14.1. The molecule has 1 unspecified atom stereocenters. The predicted octanol–water partition coefficient (Wildman–Crippen LogP) is 2.82. The fourth-order valence-corrected chi connectivity index (χ4v) is 2.87. The highest BCUT2D eigenvalue weighted by molar-refractivity contribution is 7.09. The van der Waals surface area contributed by atoms with Gasteiger partial charge >= 0.3 is 0 Å². The number of para-hydroxylation sites is 1. The summed E-state index contributed by atoms with van der Waals surface area (Å²) in [5, 5.41) is 13.6. The number of fused-ring (bicyclic) bond motifs is 1. The third-order valence-corrected chi connectivity index (χ3v) is 4.22. The maximum absolute atomic E-state index is 12.4. The van der Waals surface area contributed by atoms with Gasteiger partial charge in [0.25, 0.3) is 5.91 Å². The molecular weight excluding hydrogens is 272 g/mol. The minimum atomic E-state index is -0.125. The SMILES string of the molecule is Cc1csc(C(C)NC(=O)c2cccc3cn[nH]c23)n1. The molecule has 20 heavy (non-hydrogen) atoms. The van der Waals surface area contributed by atoms with Crippen molar-refractivity contribution in [3.8, 4) is 0 Å². The first kappa shape index (κ1) is 12.8. The van der Waals surface area contributed by atoms with Crippen LogP contribution in [0.5, 0.6) is 0 Å². The number of benzene rings is 1. The van der Waals surface area contributed by atoms with Gasteiger partial charge in [-0.2, -0.15) is 5.10 Å². The molecule has 6 heteroatoms. The molecule has 2 N–H and O–H groups in total. The number of nitrogens with one attached hydrogen (secondary N) is 2. The molecule has 0 aliphatic heterocycles. The molecule has 2 aromatic heterocycles. The number of rotatable bonds is 3. The number of carbonyl (C=O) groups is 1. The van der Waals surface area contributed by atoms with Crippen LogP contribution in [0, 0.1) is 6.92 Å². The van der Waals surface area contributed by atoms with E-state index in [1.165, 1.54) is 0 Å². The van der Waals surface area contributed by atoms with Crippen molar-refractivity contribution in [1.29, 1.82) is 0 Å². The molecule has 0 aliphatic rings. The first-order chi connectivity index (χ1) is 9.65. The lowest BCUT2D eigenvalue weighted by molar-refractivity contribution is 0.0941. The molecule has 1 aromatic carbocycles. The Morgan fingerprint density at radius 1 is 1.45 bits per heavy atom. The molecule has 2 heterocycles. The van der Waals surface area contributed by atoms with Crippen molar-refractivity contribution in [2.45, 2.75) is 19.9 Å². The maximum atomic E-state index is 12.4. The average Bonchev–Trinajstić information content (AvgIpc) is 3.06. The monoisotopic (exact) mass is 286 g/mol. The van der Waals surface area contributed by atoms with Crippen molar-refractivity contribution in [2.24, 2.45) is 0 Å². The van der Waals surface area contributed by atoms with E-state index in [9.17, 15) is 4.79 Å². The molecule has 0 radical (unpaired) electrons.